The van der Waals surface area contributed by atoms with Crippen molar-refractivity contribution in [3.05, 3.63) is 29.6 Å². The fourth-order valence-electron chi connectivity index (χ4n) is 1.35. The van der Waals surface area contributed by atoms with E-state index in [9.17, 15) is 17.9 Å². The van der Waals surface area contributed by atoms with E-state index in [-0.39, 0.29) is 18.0 Å². The van der Waals surface area contributed by atoms with Crippen molar-refractivity contribution in [2.75, 3.05) is 26.4 Å². The minimum Gasteiger partial charge on any atom is -0.508 e. The fraction of sp³-hybridized carbons (Fsp3) is 0.455. The lowest BCUT2D eigenvalue weighted by atomic mass is 10.2. The van der Waals surface area contributed by atoms with Gasteiger partial charge in [-0.25, -0.2) is 17.1 Å². The fourth-order valence-corrected chi connectivity index (χ4v) is 2.12. The molecule has 0 aromatic heterocycles. The summed E-state index contributed by atoms with van der Waals surface area (Å²) in [6, 6.07) is 3.73. The molecule has 0 aliphatic heterocycles. The number of rotatable bonds is 6. The summed E-state index contributed by atoms with van der Waals surface area (Å²) in [5.41, 5.74) is 0.565. The molecule has 0 aliphatic rings. The van der Waals surface area contributed by atoms with Crippen LogP contribution < -0.4 is 5.32 Å². The van der Waals surface area contributed by atoms with Crippen LogP contribution in [0.1, 0.15) is 5.56 Å². The largest absolute Gasteiger partial charge is 0.508 e. The molecular formula is C11H17FN2O3S. The van der Waals surface area contributed by atoms with Gasteiger partial charge in [0, 0.05) is 33.3 Å². The summed E-state index contributed by atoms with van der Waals surface area (Å²) in [6.45, 7) is 0.562. The molecular weight excluding hydrogens is 259 g/mol. The van der Waals surface area contributed by atoms with Crippen LogP contribution in [0.25, 0.3) is 0 Å². The summed E-state index contributed by atoms with van der Waals surface area (Å²) in [4.78, 5) is 0. The van der Waals surface area contributed by atoms with Crippen LogP contribution in [0.4, 0.5) is 4.39 Å². The summed E-state index contributed by atoms with van der Waals surface area (Å²) in [7, 11) is -0.277. The molecule has 1 rings (SSSR count). The number of sulfonamides is 1. The average molecular weight is 276 g/mol. The van der Waals surface area contributed by atoms with Gasteiger partial charge in [-0.2, -0.15) is 0 Å². The molecule has 0 radical (unpaired) electrons. The van der Waals surface area contributed by atoms with E-state index in [1.54, 1.807) is 0 Å². The van der Waals surface area contributed by atoms with Crippen molar-refractivity contribution in [2.45, 2.75) is 6.54 Å². The normalized spacial score (nSPS) is 12.0. The maximum Gasteiger partial charge on any atom is 0.214 e. The SMILES string of the molecule is CN(C)S(=O)(=O)CCNCc1cc(O)cc(F)c1. The Morgan fingerprint density at radius 1 is 1.33 bits per heavy atom. The maximum absolute atomic E-state index is 12.9. The van der Waals surface area contributed by atoms with Crippen molar-refractivity contribution < 1.29 is 17.9 Å². The van der Waals surface area contributed by atoms with Gasteiger partial charge in [0.25, 0.3) is 0 Å². The highest BCUT2D eigenvalue weighted by Crippen LogP contribution is 2.14. The standard InChI is InChI=1S/C11H17FN2O3S/c1-14(2)18(16,17)4-3-13-8-9-5-10(12)7-11(15)6-9/h5-7,13,15H,3-4,8H2,1-2H3. The van der Waals surface area contributed by atoms with Crippen molar-refractivity contribution in [3.63, 3.8) is 0 Å². The summed E-state index contributed by atoms with van der Waals surface area (Å²) < 4.78 is 37.0. The summed E-state index contributed by atoms with van der Waals surface area (Å²) >= 11 is 0. The van der Waals surface area contributed by atoms with Crippen LogP contribution in [-0.2, 0) is 16.6 Å². The molecule has 18 heavy (non-hydrogen) atoms. The molecule has 0 saturated carbocycles. The Labute approximate surface area is 106 Å². The number of phenolic OH excluding ortho intramolecular Hbond substituents is 1. The zero-order valence-corrected chi connectivity index (χ0v) is 11.2. The highest BCUT2D eigenvalue weighted by atomic mass is 32.2. The lowest BCUT2D eigenvalue weighted by molar-refractivity contribution is 0.467. The number of hydrogen-bond acceptors (Lipinski definition) is 4. The third-order valence-electron chi connectivity index (χ3n) is 2.36. The highest BCUT2D eigenvalue weighted by Gasteiger charge is 2.12. The first kappa shape index (κ1) is 14.9. The Morgan fingerprint density at radius 3 is 2.56 bits per heavy atom. The number of phenols is 1. The minimum absolute atomic E-state index is 0.0265. The molecule has 0 aliphatic carbocycles. The van der Waals surface area contributed by atoms with E-state index in [0.717, 1.165) is 10.4 Å². The molecule has 102 valence electrons. The minimum atomic E-state index is -3.22. The van der Waals surface area contributed by atoms with Gasteiger partial charge in [0.05, 0.1) is 5.75 Å². The molecule has 0 saturated heterocycles. The maximum atomic E-state index is 12.9. The zero-order valence-electron chi connectivity index (χ0n) is 10.4. The van der Waals surface area contributed by atoms with Crippen LogP contribution in [0.5, 0.6) is 5.75 Å². The second-order valence-electron chi connectivity index (χ2n) is 4.09. The number of halogens is 1. The van der Waals surface area contributed by atoms with Crippen molar-refractivity contribution in [1.82, 2.24) is 9.62 Å². The van der Waals surface area contributed by atoms with Gasteiger partial charge in [0.1, 0.15) is 11.6 Å². The Morgan fingerprint density at radius 2 is 2.00 bits per heavy atom. The van der Waals surface area contributed by atoms with Gasteiger partial charge in [-0.1, -0.05) is 0 Å². The number of benzene rings is 1. The summed E-state index contributed by atoms with van der Waals surface area (Å²) in [6.07, 6.45) is 0. The topological polar surface area (TPSA) is 69.6 Å². The molecule has 2 N–H and O–H groups in total. The van der Waals surface area contributed by atoms with E-state index in [0.29, 0.717) is 12.1 Å². The van der Waals surface area contributed by atoms with E-state index < -0.39 is 15.8 Å². The monoisotopic (exact) mass is 276 g/mol. The zero-order chi connectivity index (χ0) is 13.8. The average Bonchev–Trinajstić information content (AvgIpc) is 2.23. The molecule has 0 atom stereocenters. The highest BCUT2D eigenvalue weighted by molar-refractivity contribution is 7.89. The van der Waals surface area contributed by atoms with Crippen molar-refractivity contribution in [2.24, 2.45) is 0 Å². The third kappa shape index (κ3) is 4.59. The van der Waals surface area contributed by atoms with Crippen LogP contribution >= 0.6 is 0 Å². The lowest BCUT2D eigenvalue weighted by Gasteiger charge is -2.11. The Hall–Kier alpha value is -1.18. The van der Waals surface area contributed by atoms with E-state index in [1.165, 1.54) is 26.2 Å². The molecule has 0 fully saturated rings. The summed E-state index contributed by atoms with van der Waals surface area (Å²) in [5.74, 6) is -0.693. The molecule has 0 spiro atoms. The van der Waals surface area contributed by atoms with Crippen molar-refractivity contribution in [3.8, 4) is 5.75 Å². The quantitative estimate of drug-likeness (QED) is 0.743. The van der Waals surface area contributed by atoms with Gasteiger partial charge in [-0.05, 0) is 17.7 Å². The number of aromatic hydroxyl groups is 1. The first-order chi connectivity index (χ1) is 8.31. The predicted molar refractivity (Wildman–Crippen MR) is 67.2 cm³/mol. The third-order valence-corrected chi connectivity index (χ3v) is 4.20. The van der Waals surface area contributed by atoms with Crippen LogP contribution in [0.2, 0.25) is 0 Å². The molecule has 1 aromatic carbocycles. The molecule has 0 bridgehead atoms. The van der Waals surface area contributed by atoms with Gasteiger partial charge in [0.15, 0.2) is 0 Å². The van der Waals surface area contributed by atoms with E-state index >= 15 is 0 Å². The van der Waals surface area contributed by atoms with Gasteiger partial charge in [-0.3, -0.25) is 0 Å². The van der Waals surface area contributed by atoms with Crippen LogP contribution in [0, 0.1) is 5.82 Å². The van der Waals surface area contributed by atoms with Crippen LogP contribution in [0.15, 0.2) is 18.2 Å². The lowest BCUT2D eigenvalue weighted by Crippen LogP contribution is -2.31. The van der Waals surface area contributed by atoms with Crippen LogP contribution in [-0.4, -0.2) is 44.2 Å². The first-order valence-electron chi connectivity index (χ1n) is 5.40. The molecule has 1 aromatic rings. The molecule has 0 amide bonds. The Bertz CT molecular complexity index is 483. The van der Waals surface area contributed by atoms with Gasteiger partial charge < -0.3 is 10.4 Å². The van der Waals surface area contributed by atoms with Gasteiger partial charge in [-0.15, -0.1) is 0 Å². The van der Waals surface area contributed by atoms with E-state index in [1.807, 2.05) is 0 Å². The first-order valence-corrected chi connectivity index (χ1v) is 7.01. The molecule has 0 heterocycles. The van der Waals surface area contributed by atoms with E-state index in [2.05, 4.69) is 5.32 Å². The van der Waals surface area contributed by atoms with Crippen molar-refractivity contribution in [1.29, 1.82) is 0 Å². The molecule has 5 nitrogen and oxygen atoms in total. The number of nitrogens with zero attached hydrogens (tertiary/aromatic N) is 1. The van der Waals surface area contributed by atoms with Crippen LogP contribution in [0.3, 0.4) is 0 Å². The molecule has 0 unspecified atom stereocenters. The number of hydrogen-bond donors (Lipinski definition) is 2. The van der Waals surface area contributed by atoms with E-state index in [4.69, 9.17) is 0 Å². The Kier molecular flexibility index (Phi) is 5.06. The second-order valence-corrected chi connectivity index (χ2v) is 6.40. The smallest absolute Gasteiger partial charge is 0.214 e. The van der Waals surface area contributed by atoms with Gasteiger partial charge >= 0.3 is 0 Å². The number of nitrogens with one attached hydrogen (secondary N) is 1. The summed E-state index contributed by atoms with van der Waals surface area (Å²) in [5, 5.41) is 12.1. The van der Waals surface area contributed by atoms with Gasteiger partial charge in [0.2, 0.25) is 10.0 Å². The predicted octanol–water partition coefficient (Wildman–Crippen LogP) is 0.512. The molecule has 7 heteroatoms. The van der Waals surface area contributed by atoms with Crippen molar-refractivity contribution >= 4 is 10.0 Å². The second kappa shape index (κ2) is 6.12. The Balaban J connectivity index is 2.43.